The Morgan fingerprint density at radius 3 is 2.55 bits per heavy atom. The lowest BCUT2D eigenvalue weighted by Gasteiger charge is -2.18. The Labute approximate surface area is 114 Å². The first-order valence-electron chi connectivity index (χ1n) is 6.63. The maximum absolute atomic E-state index is 11.2. The molecule has 3 rings (SSSR count). The maximum atomic E-state index is 11.2. The van der Waals surface area contributed by atoms with Crippen LogP contribution in [-0.2, 0) is 9.47 Å². The van der Waals surface area contributed by atoms with Gasteiger partial charge in [-0.2, -0.15) is 0 Å². The summed E-state index contributed by atoms with van der Waals surface area (Å²) in [5, 5.41) is 7.40. The van der Waals surface area contributed by atoms with Gasteiger partial charge in [0.05, 0.1) is 6.61 Å². The van der Waals surface area contributed by atoms with Crippen molar-refractivity contribution in [3.63, 3.8) is 0 Å². The van der Waals surface area contributed by atoms with Crippen LogP contribution in [0.4, 0.5) is 13.2 Å². The standard InChI is InChI=1S/C7H10N2O2.C5H7F3O/c1-2-4-10-6(3-1)7-9-8-5-11-7;6-5(7,8)9-3-4-1-2-4/h5-6H,1-4H2;4H,1-3H2. The van der Waals surface area contributed by atoms with Crippen LogP contribution in [0.5, 0.6) is 0 Å². The first-order chi connectivity index (χ1) is 9.54. The molecule has 1 atom stereocenters. The van der Waals surface area contributed by atoms with Crippen molar-refractivity contribution in [1.29, 1.82) is 0 Å². The summed E-state index contributed by atoms with van der Waals surface area (Å²) in [7, 11) is 0. The zero-order chi connectivity index (χ0) is 14.4. The van der Waals surface area contributed by atoms with Gasteiger partial charge in [-0.15, -0.1) is 23.4 Å². The molecule has 0 N–H and O–H groups in total. The third-order valence-corrected chi connectivity index (χ3v) is 3.01. The molecule has 2 fully saturated rings. The lowest BCUT2D eigenvalue weighted by Crippen LogP contribution is -2.14. The number of hydrogen-bond donors (Lipinski definition) is 0. The number of rotatable bonds is 3. The minimum Gasteiger partial charge on any atom is -0.425 e. The van der Waals surface area contributed by atoms with E-state index in [1.54, 1.807) is 0 Å². The number of ether oxygens (including phenoxy) is 2. The zero-order valence-electron chi connectivity index (χ0n) is 10.9. The van der Waals surface area contributed by atoms with Crippen molar-refractivity contribution in [3.05, 3.63) is 12.3 Å². The van der Waals surface area contributed by atoms with Crippen LogP contribution in [0, 0.1) is 5.92 Å². The fourth-order valence-corrected chi connectivity index (χ4v) is 1.75. The van der Waals surface area contributed by atoms with Gasteiger partial charge in [0, 0.05) is 6.61 Å². The molecule has 114 valence electrons. The van der Waals surface area contributed by atoms with E-state index in [0.29, 0.717) is 5.89 Å². The smallest absolute Gasteiger partial charge is 0.425 e. The fourth-order valence-electron chi connectivity index (χ4n) is 1.75. The molecule has 0 bridgehead atoms. The molecule has 1 unspecified atom stereocenters. The molecule has 1 saturated heterocycles. The normalized spacial score (nSPS) is 23.1. The third kappa shape index (κ3) is 5.87. The van der Waals surface area contributed by atoms with Gasteiger partial charge in [0.1, 0.15) is 6.10 Å². The van der Waals surface area contributed by atoms with Crippen molar-refractivity contribution in [2.75, 3.05) is 13.2 Å². The molecular weight excluding hydrogens is 277 g/mol. The van der Waals surface area contributed by atoms with Crippen LogP contribution in [0.1, 0.15) is 44.1 Å². The highest BCUT2D eigenvalue weighted by atomic mass is 19.4. The van der Waals surface area contributed by atoms with E-state index in [1.165, 1.54) is 12.8 Å². The van der Waals surface area contributed by atoms with Crippen LogP contribution in [0.15, 0.2) is 10.8 Å². The molecule has 1 saturated carbocycles. The lowest BCUT2D eigenvalue weighted by molar-refractivity contribution is -0.326. The minimum atomic E-state index is -4.43. The van der Waals surface area contributed by atoms with Crippen LogP contribution < -0.4 is 0 Å². The minimum absolute atomic E-state index is 0.0475. The van der Waals surface area contributed by atoms with Gasteiger partial charge in [-0.25, -0.2) is 0 Å². The van der Waals surface area contributed by atoms with Gasteiger partial charge in [-0.05, 0) is 38.0 Å². The molecule has 5 nitrogen and oxygen atoms in total. The fraction of sp³-hybridized carbons (Fsp3) is 0.833. The monoisotopic (exact) mass is 294 g/mol. The summed E-state index contributed by atoms with van der Waals surface area (Å²) < 4.78 is 47.7. The molecule has 20 heavy (non-hydrogen) atoms. The van der Waals surface area contributed by atoms with Crippen molar-refractivity contribution in [1.82, 2.24) is 10.2 Å². The predicted octanol–water partition coefficient (Wildman–Crippen LogP) is 3.24. The van der Waals surface area contributed by atoms with E-state index in [9.17, 15) is 13.2 Å². The van der Waals surface area contributed by atoms with Gasteiger partial charge in [-0.3, -0.25) is 4.74 Å². The van der Waals surface area contributed by atoms with Crippen LogP contribution in [0.2, 0.25) is 0 Å². The highest BCUT2D eigenvalue weighted by Gasteiger charge is 2.33. The third-order valence-electron chi connectivity index (χ3n) is 3.01. The SMILES string of the molecule is FC(F)(F)OCC1CC1.c1nnc(C2CCCCO2)o1. The topological polar surface area (TPSA) is 57.4 Å². The molecule has 0 aromatic carbocycles. The van der Waals surface area contributed by atoms with Gasteiger partial charge in [-0.1, -0.05) is 0 Å². The maximum Gasteiger partial charge on any atom is 0.522 e. The number of alkyl halides is 3. The summed E-state index contributed by atoms with van der Waals surface area (Å²) in [6, 6.07) is 0. The molecule has 2 aliphatic rings. The quantitative estimate of drug-likeness (QED) is 0.856. The second kappa shape index (κ2) is 7.03. The van der Waals surface area contributed by atoms with Crippen molar-refractivity contribution < 1.29 is 27.1 Å². The van der Waals surface area contributed by atoms with Crippen molar-refractivity contribution >= 4 is 0 Å². The van der Waals surface area contributed by atoms with Crippen LogP contribution in [0.25, 0.3) is 0 Å². The summed E-state index contributed by atoms with van der Waals surface area (Å²) in [4.78, 5) is 0. The summed E-state index contributed by atoms with van der Waals surface area (Å²) in [5.41, 5.74) is 0. The van der Waals surface area contributed by atoms with E-state index in [-0.39, 0.29) is 18.6 Å². The van der Waals surface area contributed by atoms with E-state index in [2.05, 4.69) is 14.9 Å². The number of halogens is 3. The Kier molecular flexibility index (Phi) is 5.36. The Morgan fingerprint density at radius 2 is 2.05 bits per heavy atom. The van der Waals surface area contributed by atoms with Crippen LogP contribution >= 0.6 is 0 Å². The summed E-state index contributed by atoms with van der Waals surface area (Å²) in [6.07, 6.45) is 2.06. The average molecular weight is 294 g/mol. The van der Waals surface area contributed by atoms with E-state index < -0.39 is 6.36 Å². The molecule has 2 heterocycles. The molecule has 0 amide bonds. The number of nitrogens with zero attached hydrogens (tertiary/aromatic N) is 2. The first-order valence-corrected chi connectivity index (χ1v) is 6.63. The van der Waals surface area contributed by atoms with E-state index in [0.717, 1.165) is 32.3 Å². The van der Waals surface area contributed by atoms with Gasteiger partial charge < -0.3 is 9.15 Å². The molecule has 1 aromatic rings. The van der Waals surface area contributed by atoms with Gasteiger partial charge >= 0.3 is 6.36 Å². The van der Waals surface area contributed by atoms with Crippen LogP contribution in [0.3, 0.4) is 0 Å². The van der Waals surface area contributed by atoms with E-state index in [1.807, 2.05) is 0 Å². The first kappa shape index (κ1) is 15.2. The molecule has 1 aliphatic carbocycles. The Morgan fingerprint density at radius 1 is 1.25 bits per heavy atom. The van der Waals surface area contributed by atoms with Crippen molar-refractivity contribution in [2.45, 2.75) is 44.6 Å². The van der Waals surface area contributed by atoms with Gasteiger partial charge in [0.2, 0.25) is 12.3 Å². The Balaban J connectivity index is 0.000000151. The molecule has 8 heteroatoms. The van der Waals surface area contributed by atoms with Gasteiger partial charge in [0.25, 0.3) is 0 Å². The number of aromatic nitrogens is 2. The highest BCUT2D eigenvalue weighted by molar-refractivity contribution is 4.82. The van der Waals surface area contributed by atoms with E-state index in [4.69, 9.17) is 9.15 Å². The van der Waals surface area contributed by atoms with Crippen molar-refractivity contribution in [3.8, 4) is 0 Å². The molecular formula is C12H17F3N2O3. The molecule has 1 aliphatic heterocycles. The second-order valence-corrected chi connectivity index (χ2v) is 4.83. The van der Waals surface area contributed by atoms with Crippen molar-refractivity contribution in [2.24, 2.45) is 5.92 Å². The summed E-state index contributed by atoms with van der Waals surface area (Å²) in [6.45, 7) is 0.663. The average Bonchev–Trinajstić information content (AvgIpc) is 3.10. The van der Waals surface area contributed by atoms with Crippen LogP contribution in [-0.4, -0.2) is 29.8 Å². The molecule has 0 spiro atoms. The van der Waals surface area contributed by atoms with E-state index >= 15 is 0 Å². The largest absolute Gasteiger partial charge is 0.522 e. The lowest BCUT2D eigenvalue weighted by atomic mass is 10.1. The Hall–Kier alpha value is -1.15. The summed E-state index contributed by atoms with van der Waals surface area (Å²) in [5.74, 6) is 0.788. The van der Waals surface area contributed by atoms with Gasteiger partial charge in [0.15, 0.2) is 0 Å². The second-order valence-electron chi connectivity index (χ2n) is 4.83. The highest BCUT2D eigenvalue weighted by Crippen LogP contribution is 2.31. The zero-order valence-corrected chi connectivity index (χ0v) is 10.9. The predicted molar refractivity (Wildman–Crippen MR) is 61.6 cm³/mol. The Bertz CT molecular complexity index is 374. The number of hydrogen-bond acceptors (Lipinski definition) is 5. The molecule has 0 radical (unpaired) electrons. The summed E-state index contributed by atoms with van der Waals surface area (Å²) >= 11 is 0. The molecule has 1 aromatic heterocycles.